The topological polar surface area (TPSA) is 106 Å². The molecule has 5 rings (SSSR count). The van der Waals surface area contributed by atoms with E-state index in [1.54, 1.807) is 53.3 Å². The third kappa shape index (κ3) is 5.23. The Balaban J connectivity index is 1.34. The number of nitrogens with one attached hydrogen (secondary N) is 2. The number of aryl methyl sites for hydroxylation is 2. The van der Waals surface area contributed by atoms with Crippen molar-refractivity contribution in [2.45, 2.75) is 26.8 Å². The Labute approximate surface area is 214 Å². The zero-order chi connectivity index (χ0) is 25.8. The summed E-state index contributed by atoms with van der Waals surface area (Å²) in [5.74, 6) is -0.408. The van der Waals surface area contributed by atoms with E-state index in [0.717, 1.165) is 34.4 Å². The fraction of sp³-hybridized carbons (Fsp3) is 0.138. The van der Waals surface area contributed by atoms with Crippen LogP contribution in [0, 0.1) is 6.92 Å². The lowest BCUT2D eigenvalue weighted by Gasteiger charge is -2.09. The van der Waals surface area contributed by atoms with E-state index in [9.17, 15) is 9.59 Å². The van der Waals surface area contributed by atoms with Crippen molar-refractivity contribution in [2.75, 3.05) is 5.32 Å². The number of pyridine rings is 1. The second-order valence-electron chi connectivity index (χ2n) is 8.72. The summed E-state index contributed by atoms with van der Waals surface area (Å²) < 4.78 is 1.71. The van der Waals surface area contributed by atoms with Gasteiger partial charge >= 0.3 is 0 Å². The number of amides is 1. The summed E-state index contributed by atoms with van der Waals surface area (Å²) in [6.07, 6.45) is 6.39. The molecule has 3 aromatic heterocycles. The zero-order valence-electron chi connectivity index (χ0n) is 20.6. The van der Waals surface area contributed by atoms with Crippen molar-refractivity contribution in [2.24, 2.45) is 0 Å². The Hall–Kier alpha value is -4.85. The third-order valence-corrected chi connectivity index (χ3v) is 5.91. The number of carbonyl (C=O) groups is 2. The molecule has 3 heterocycles. The Morgan fingerprint density at radius 2 is 1.86 bits per heavy atom. The van der Waals surface area contributed by atoms with E-state index in [4.69, 9.17) is 0 Å². The van der Waals surface area contributed by atoms with Crippen LogP contribution in [0.3, 0.4) is 0 Å². The van der Waals surface area contributed by atoms with Gasteiger partial charge in [-0.05, 0) is 68.0 Å². The van der Waals surface area contributed by atoms with Crippen molar-refractivity contribution in [1.82, 2.24) is 25.0 Å². The first kappa shape index (κ1) is 23.9. The van der Waals surface area contributed by atoms with Crippen LogP contribution in [-0.4, -0.2) is 36.7 Å². The molecular formula is C29H26N6O2. The molecule has 0 spiro atoms. The van der Waals surface area contributed by atoms with E-state index < -0.39 is 0 Å². The lowest BCUT2D eigenvalue weighted by atomic mass is 10.0. The van der Waals surface area contributed by atoms with Gasteiger partial charge < -0.3 is 5.32 Å². The summed E-state index contributed by atoms with van der Waals surface area (Å²) in [6, 6.07) is 19.9. The highest BCUT2D eigenvalue weighted by Crippen LogP contribution is 2.22. The van der Waals surface area contributed by atoms with Gasteiger partial charge in [0, 0.05) is 34.9 Å². The minimum absolute atomic E-state index is 0.148. The largest absolute Gasteiger partial charge is 0.321 e. The average molecular weight is 491 g/mol. The van der Waals surface area contributed by atoms with Crippen molar-refractivity contribution < 1.29 is 9.59 Å². The van der Waals surface area contributed by atoms with Gasteiger partial charge in [0.05, 0.1) is 22.6 Å². The predicted molar refractivity (Wildman–Crippen MR) is 144 cm³/mol. The van der Waals surface area contributed by atoms with Crippen LogP contribution in [-0.2, 0) is 6.54 Å². The smallest absolute Gasteiger partial charge is 0.273 e. The molecule has 1 amide bonds. The fourth-order valence-electron chi connectivity index (χ4n) is 4.16. The SMILES string of the molecule is CCCn1nc(C)cc1C(=O)Nc1cccc(C(=O)c2ccc3c(C=Cc4ccccn4)n[nH]c3c2)c1. The first-order chi connectivity index (χ1) is 18.0. The van der Waals surface area contributed by atoms with Crippen molar-refractivity contribution >= 4 is 40.4 Å². The predicted octanol–water partition coefficient (Wildman–Crippen LogP) is 5.53. The Bertz CT molecular complexity index is 1610. The molecule has 0 saturated heterocycles. The van der Waals surface area contributed by atoms with Crippen LogP contribution in [0.1, 0.15) is 56.8 Å². The number of H-pyrrole nitrogens is 1. The molecule has 0 unspecified atom stereocenters. The van der Waals surface area contributed by atoms with Crippen LogP contribution in [0.4, 0.5) is 5.69 Å². The van der Waals surface area contributed by atoms with Gasteiger partial charge in [0.15, 0.2) is 5.78 Å². The average Bonchev–Trinajstić information content (AvgIpc) is 3.50. The fourth-order valence-corrected chi connectivity index (χ4v) is 4.16. The highest BCUT2D eigenvalue weighted by atomic mass is 16.2. The molecule has 5 aromatic rings. The van der Waals surface area contributed by atoms with E-state index in [0.29, 0.717) is 29.1 Å². The number of benzene rings is 2. The van der Waals surface area contributed by atoms with Crippen molar-refractivity contribution in [3.8, 4) is 0 Å². The maximum atomic E-state index is 13.3. The molecule has 0 saturated carbocycles. The second-order valence-corrected chi connectivity index (χ2v) is 8.72. The van der Waals surface area contributed by atoms with E-state index in [-0.39, 0.29) is 11.7 Å². The molecule has 8 heteroatoms. The Kier molecular flexibility index (Phi) is 6.72. The molecular weight excluding hydrogens is 464 g/mol. The minimum atomic E-state index is -0.260. The molecule has 0 radical (unpaired) electrons. The van der Waals surface area contributed by atoms with Gasteiger partial charge in [0.1, 0.15) is 5.69 Å². The molecule has 0 fully saturated rings. The molecule has 0 aliphatic rings. The van der Waals surface area contributed by atoms with E-state index in [2.05, 4.69) is 25.6 Å². The van der Waals surface area contributed by atoms with Gasteiger partial charge in [-0.3, -0.25) is 24.4 Å². The van der Waals surface area contributed by atoms with Crippen LogP contribution in [0.5, 0.6) is 0 Å². The van der Waals surface area contributed by atoms with Crippen molar-refractivity contribution in [3.63, 3.8) is 0 Å². The molecule has 0 bridgehead atoms. The molecule has 0 atom stereocenters. The third-order valence-electron chi connectivity index (χ3n) is 5.91. The van der Waals surface area contributed by atoms with Crippen LogP contribution >= 0.6 is 0 Å². The maximum absolute atomic E-state index is 13.3. The summed E-state index contributed by atoms with van der Waals surface area (Å²) in [4.78, 5) is 30.4. The summed E-state index contributed by atoms with van der Waals surface area (Å²) >= 11 is 0. The van der Waals surface area contributed by atoms with Crippen molar-refractivity contribution in [1.29, 1.82) is 0 Å². The number of hydrogen-bond acceptors (Lipinski definition) is 5. The second kappa shape index (κ2) is 10.4. The molecule has 8 nitrogen and oxygen atoms in total. The summed E-state index contributed by atoms with van der Waals surface area (Å²) in [5, 5.41) is 15.6. The summed E-state index contributed by atoms with van der Waals surface area (Å²) in [6.45, 7) is 4.55. The van der Waals surface area contributed by atoms with Gasteiger partial charge in [-0.25, -0.2) is 0 Å². The first-order valence-corrected chi connectivity index (χ1v) is 12.1. The number of fused-ring (bicyclic) bond motifs is 1. The normalized spacial score (nSPS) is 11.3. The van der Waals surface area contributed by atoms with E-state index >= 15 is 0 Å². The van der Waals surface area contributed by atoms with Crippen molar-refractivity contribution in [3.05, 3.63) is 107 Å². The number of rotatable bonds is 8. The molecule has 184 valence electrons. The Morgan fingerprint density at radius 1 is 1.00 bits per heavy atom. The van der Waals surface area contributed by atoms with E-state index in [1.807, 2.05) is 50.3 Å². The van der Waals surface area contributed by atoms with Crippen LogP contribution in [0.25, 0.3) is 23.1 Å². The number of carbonyl (C=O) groups excluding carboxylic acids is 2. The Morgan fingerprint density at radius 3 is 2.68 bits per heavy atom. The maximum Gasteiger partial charge on any atom is 0.273 e. The summed E-state index contributed by atoms with van der Waals surface area (Å²) in [7, 11) is 0. The highest BCUT2D eigenvalue weighted by molar-refractivity contribution is 6.12. The summed E-state index contributed by atoms with van der Waals surface area (Å²) in [5.41, 5.74) is 5.18. The first-order valence-electron chi connectivity index (χ1n) is 12.1. The quantitative estimate of drug-likeness (QED) is 0.278. The van der Waals surface area contributed by atoms with Crippen LogP contribution in [0.15, 0.2) is 72.9 Å². The number of ketones is 1. The standard InChI is InChI=1S/C29H26N6O2/c1-3-15-35-27(16-19(2)34-35)29(37)31-23-9-6-7-20(17-23)28(36)21-10-12-24-25(32-33-26(24)18-21)13-11-22-8-4-5-14-30-22/h4-14,16-18H,3,15H2,1-2H3,(H,31,37)(H,32,33). The molecule has 2 N–H and O–H groups in total. The molecule has 0 aliphatic carbocycles. The molecule has 0 aliphatic heterocycles. The lowest BCUT2D eigenvalue weighted by molar-refractivity contribution is 0.101. The number of aromatic amines is 1. The van der Waals surface area contributed by atoms with Gasteiger partial charge in [0.2, 0.25) is 0 Å². The number of hydrogen-bond donors (Lipinski definition) is 2. The molecule has 37 heavy (non-hydrogen) atoms. The van der Waals surface area contributed by atoms with Gasteiger partial charge in [-0.2, -0.15) is 10.2 Å². The minimum Gasteiger partial charge on any atom is -0.321 e. The lowest BCUT2D eigenvalue weighted by Crippen LogP contribution is -2.18. The number of aromatic nitrogens is 5. The number of anilines is 1. The van der Waals surface area contributed by atoms with Gasteiger partial charge in [-0.1, -0.05) is 31.2 Å². The van der Waals surface area contributed by atoms with Crippen LogP contribution < -0.4 is 5.32 Å². The monoisotopic (exact) mass is 490 g/mol. The zero-order valence-corrected chi connectivity index (χ0v) is 20.6. The highest BCUT2D eigenvalue weighted by Gasteiger charge is 2.16. The number of nitrogens with zero attached hydrogens (tertiary/aromatic N) is 4. The van der Waals surface area contributed by atoms with Gasteiger partial charge in [0.25, 0.3) is 5.91 Å². The van der Waals surface area contributed by atoms with Crippen LogP contribution in [0.2, 0.25) is 0 Å². The van der Waals surface area contributed by atoms with E-state index in [1.165, 1.54) is 0 Å². The molecule has 2 aromatic carbocycles. The van der Waals surface area contributed by atoms with Gasteiger partial charge in [-0.15, -0.1) is 0 Å².